The van der Waals surface area contributed by atoms with Crippen molar-refractivity contribution in [2.45, 2.75) is 13.3 Å². The summed E-state index contributed by atoms with van der Waals surface area (Å²) < 4.78 is 1.31. The van der Waals surface area contributed by atoms with Gasteiger partial charge in [-0.1, -0.05) is 11.3 Å². The molecule has 0 aromatic carbocycles. The number of rotatable bonds is 5. The summed E-state index contributed by atoms with van der Waals surface area (Å²) in [5, 5.41) is 10.8. The highest BCUT2D eigenvalue weighted by Crippen LogP contribution is 2.23. The van der Waals surface area contributed by atoms with E-state index < -0.39 is 0 Å². The number of nitrogens with one attached hydrogen (secondary N) is 2. The van der Waals surface area contributed by atoms with Gasteiger partial charge in [0.1, 0.15) is 4.88 Å². The van der Waals surface area contributed by atoms with E-state index in [4.69, 9.17) is 0 Å². The molecule has 1 aliphatic heterocycles. The van der Waals surface area contributed by atoms with Crippen molar-refractivity contribution in [3.8, 4) is 0 Å². The fourth-order valence-corrected chi connectivity index (χ4v) is 3.73. The summed E-state index contributed by atoms with van der Waals surface area (Å²) in [6.45, 7) is 4.11. The molecule has 0 bridgehead atoms. The Bertz CT molecular complexity index is 830. The zero-order chi connectivity index (χ0) is 18.0. The molecule has 2 N–H and O–H groups in total. The predicted octanol–water partition coefficient (Wildman–Crippen LogP) is 0.843. The van der Waals surface area contributed by atoms with Gasteiger partial charge < -0.3 is 15.5 Å². The van der Waals surface area contributed by atoms with Crippen molar-refractivity contribution in [2.24, 2.45) is 13.0 Å². The second-order valence-electron chi connectivity index (χ2n) is 6.17. The number of nitrogens with zero attached hydrogens (tertiary/aromatic N) is 4. The Balaban J connectivity index is 1.56. The molecule has 1 atom stereocenters. The third-order valence-corrected chi connectivity index (χ3v) is 5.55. The molecule has 25 heavy (non-hydrogen) atoms. The number of thiazole rings is 1. The Morgan fingerprint density at radius 2 is 2.28 bits per heavy atom. The van der Waals surface area contributed by atoms with Gasteiger partial charge in [-0.2, -0.15) is 5.10 Å². The van der Waals surface area contributed by atoms with Crippen LogP contribution < -0.4 is 21.1 Å². The topological polar surface area (TPSA) is 92.2 Å². The second kappa shape index (κ2) is 7.22. The zero-order valence-corrected chi connectivity index (χ0v) is 15.4. The van der Waals surface area contributed by atoms with Gasteiger partial charge in [-0.3, -0.25) is 9.59 Å². The summed E-state index contributed by atoms with van der Waals surface area (Å²) in [5.41, 5.74) is 1.47. The summed E-state index contributed by atoms with van der Waals surface area (Å²) in [5.74, 6) is 0.273. The number of aryl methyl sites for hydroxylation is 2. The molecule has 0 aliphatic carbocycles. The smallest absolute Gasteiger partial charge is 0.268 e. The quantitative estimate of drug-likeness (QED) is 0.819. The van der Waals surface area contributed by atoms with E-state index in [2.05, 4.69) is 25.6 Å². The summed E-state index contributed by atoms with van der Waals surface area (Å²) >= 11 is 1.36. The highest BCUT2D eigenvalue weighted by atomic mass is 32.1. The molecule has 2 aromatic rings. The number of hydrogen-bond acceptors (Lipinski definition) is 7. The van der Waals surface area contributed by atoms with Crippen LogP contribution in [0.25, 0.3) is 0 Å². The van der Waals surface area contributed by atoms with E-state index in [9.17, 15) is 9.59 Å². The molecule has 2 aromatic heterocycles. The van der Waals surface area contributed by atoms with Gasteiger partial charge in [0.15, 0.2) is 5.13 Å². The minimum Gasteiger partial charge on any atom is -0.370 e. The molecule has 1 fully saturated rings. The molecule has 1 saturated heterocycles. The van der Waals surface area contributed by atoms with Crippen molar-refractivity contribution < 1.29 is 4.79 Å². The Kier molecular flexibility index (Phi) is 5.03. The minimum atomic E-state index is -0.115. The first-order valence-corrected chi connectivity index (χ1v) is 9.01. The molecule has 0 radical (unpaired) electrons. The number of aromatic nitrogens is 3. The fourth-order valence-electron chi connectivity index (χ4n) is 2.90. The highest BCUT2D eigenvalue weighted by Gasteiger charge is 2.24. The monoisotopic (exact) mass is 362 g/mol. The van der Waals surface area contributed by atoms with Crippen LogP contribution in [-0.4, -0.2) is 47.4 Å². The van der Waals surface area contributed by atoms with Gasteiger partial charge in [0.2, 0.25) is 0 Å². The van der Waals surface area contributed by atoms with Gasteiger partial charge in [0.25, 0.3) is 11.5 Å². The minimum absolute atomic E-state index is 0.0785. The lowest BCUT2D eigenvalue weighted by atomic mass is 10.1. The predicted molar refractivity (Wildman–Crippen MR) is 98.5 cm³/mol. The van der Waals surface area contributed by atoms with E-state index in [0.29, 0.717) is 17.3 Å². The van der Waals surface area contributed by atoms with Crippen molar-refractivity contribution in [1.82, 2.24) is 20.1 Å². The number of hydrogen-bond donors (Lipinski definition) is 2. The van der Waals surface area contributed by atoms with Crippen molar-refractivity contribution >= 4 is 28.1 Å². The van der Waals surface area contributed by atoms with Crippen LogP contribution in [0.2, 0.25) is 0 Å². The standard InChI is InChI=1S/C16H22N6O2S/c1-10-14(25-16(17-2)20-10)15(24)18-7-11-4-5-22(9-11)12-6-13(23)21(3)19-8-12/h6,8,11H,4-5,7,9H2,1-3H3,(H,17,20)(H,18,24)/t11-/m0/s1. The third-order valence-electron chi connectivity index (χ3n) is 4.37. The molecule has 1 amide bonds. The van der Waals surface area contributed by atoms with E-state index in [1.807, 2.05) is 6.92 Å². The van der Waals surface area contributed by atoms with E-state index >= 15 is 0 Å². The van der Waals surface area contributed by atoms with E-state index in [1.54, 1.807) is 26.4 Å². The van der Waals surface area contributed by atoms with Crippen LogP contribution in [0.4, 0.5) is 10.8 Å². The first-order valence-electron chi connectivity index (χ1n) is 8.19. The molecule has 3 heterocycles. The Morgan fingerprint density at radius 1 is 1.48 bits per heavy atom. The van der Waals surface area contributed by atoms with Crippen LogP contribution in [0.1, 0.15) is 21.8 Å². The fraction of sp³-hybridized carbons (Fsp3) is 0.500. The summed E-state index contributed by atoms with van der Waals surface area (Å²) in [4.78, 5) is 31.2. The molecule has 0 spiro atoms. The number of carbonyl (C=O) groups is 1. The van der Waals surface area contributed by atoms with Crippen molar-refractivity contribution in [3.63, 3.8) is 0 Å². The molecule has 9 heteroatoms. The molecule has 1 aliphatic rings. The third kappa shape index (κ3) is 3.81. The first kappa shape index (κ1) is 17.4. The number of anilines is 2. The molecule has 0 saturated carbocycles. The van der Waals surface area contributed by atoms with Crippen LogP contribution in [-0.2, 0) is 7.05 Å². The van der Waals surface area contributed by atoms with Gasteiger partial charge >= 0.3 is 0 Å². The normalized spacial score (nSPS) is 16.9. The first-order chi connectivity index (χ1) is 12.0. The number of amides is 1. The molecular formula is C16H22N6O2S. The van der Waals surface area contributed by atoms with Gasteiger partial charge in [-0.25, -0.2) is 9.67 Å². The maximum Gasteiger partial charge on any atom is 0.268 e. The van der Waals surface area contributed by atoms with Crippen molar-refractivity contribution in [2.75, 3.05) is 36.9 Å². The molecule has 134 valence electrons. The van der Waals surface area contributed by atoms with Gasteiger partial charge in [0.05, 0.1) is 17.6 Å². The van der Waals surface area contributed by atoms with Gasteiger partial charge in [-0.05, 0) is 19.3 Å². The van der Waals surface area contributed by atoms with Crippen molar-refractivity contribution in [3.05, 3.63) is 33.2 Å². The Hall–Kier alpha value is -2.42. The van der Waals surface area contributed by atoms with Crippen LogP contribution in [0.3, 0.4) is 0 Å². The Morgan fingerprint density at radius 3 is 2.96 bits per heavy atom. The lowest BCUT2D eigenvalue weighted by Crippen LogP contribution is -2.31. The second-order valence-corrected chi connectivity index (χ2v) is 7.17. The van der Waals surface area contributed by atoms with Crippen LogP contribution >= 0.6 is 11.3 Å². The number of carbonyl (C=O) groups excluding carboxylic acids is 1. The largest absolute Gasteiger partial charge is 0.370 e. The molecule has 3 rings (SSSR count). The average Bonchev–Trinajstić information content (AvgIpc) is 3.21. The van der Waals surface area contributed by atoms with E-state index in [0.717, 1.165) is 36.0 Å². The summed E-state index contributed by atoms with van der Waals surface area (Å²) in [6.07, 6.45) is 2.68. The van der Waals surface area contributed by atoms with Gasteiger partial charge in [0, 0.05) is 39.8 Å². The maximum absolute atomic E-state index is 12.3. The highest BCUT2D eigenvalue weighted by molar-refractivity contribution is 7.17. The maximum atomic E-state index is 12.3. The van der Waals surface area contributed by atoms with Crippen LogP contribution in [0, 0.1) is 12.8 Å². The van der Waals surface area contributed by atoms with Gasteiger partial charge in [-0.15, -0.1) is 0 Å². The summed E-state index contributed by atoms with van der Waals surface area (Å²) in [7, 11) is 3.42. The Labute approximate surface area is 149 Å². The lowest BCUT2D eigenvalue weighted by Gasteiger charge is -2.18. The zero-order valence-electron chi connectivity index (χ0n) is 14.6. The summed E-state index contributed by atoms with van der Waals surface area (Å²) in [6, 6.07) is 1.61. The van der Waals surface area contributed by atoms with E-state index in [-0.39, 0.29) is 11.5 Å². The average molecular weight is 362 g/mol. The molecule has 8 nitrogen and oxygen atoms in total. The van der Waals surface area contributed by atoms with Crippen LogP contribution in [0.15, 0.2) is 17.1 Å². The van der Waals surface area contributed by atoms with Crippen molar-refractivity contribution in [1.29, 1.82) is 0 Å². The lowest BCUT2D eigenvalue weighted by molar-refractivity contribution is 0.0951. The molecule has 0 unspecified atom stereocenters. The van der Waals surface area contributed by atoms with Crippen LogP contribution in [0.5, 0.6) is 0 Å². The van der Waals surface area contributed by atoms with E-state index in [1.165, 1.54) is 16.0 Å². The SMILES string of the molecule is CNc1nc(C)c(C(=O)NC[C@@H]2CCN(c3cnn(C)c(=O)c3)C2)s1. The molecular weight excluding hydrogens is 340 g/mol.